The highest BCUT2D eigenvalue weighted by Crippen LogP contribution is 2.37. The zero-order valence-corrected chi connectivity index (χ0v) is 10.9. The number of imidazole rings is 1. The number of halogens is 3. The number of nitrogens with zero attached hydrogens (tertiary/aromatic N) is 2. The summed E-state index contributed by atoms with van der Waals surface area (Å²) in [6.07, 6.45) is -3.51. The van der Waals surface area contributed by atoms with Crippen LogP contribution in [0.3, 0.4) is 0 Å². The van der Waals surface area contributed by atoms with Crippen molar-refractivity contribution in [3.63, 3.8) is 0 Å². The molecule has 1 aromatic heterocycles. The third-order valence-corrected chi connectivity index (χ3v) is 3.13. The van der Waals surface area contributed by atoms with Crippen molar-refractivity contribution in [2.75, 3.05) is 6.61 Å². The summed E-state index contributed by atoms with van der Waals surface area (Å²) in [5, 5.41) is 9.03. The lowest BCUT2D eigenvalue weighted by Gasteiger charge is -2.24. The van der Waals surface area contributed by atoms with Gasteiger partial charge in [0.25, 0.3) is 0 Å². The van der Waals surface area contributed by atoms with Crippen LogP contribution in [0.1, 0.15) is 54.3 Å². The largest absolute Gasteiger partial charge is 0.477 e. The zero-order chi connectivity index (χ0) is 14.9. The molecule has 0 amide bonds. The number of ether oxygens (including phenoxy) is 1. The maximum absolute atomic E-state index is 12.9. The van der Waals surface area contributed by atoms with Crippen LogP contribution in [-0.4, -0.2) is 27.2 Å². The van der Waals surface area contributed by atoms with Gasteiger partial charge in [-0.2, -0.15) is 13.2 Å². The molecular weight excluding hydrogens is 277 g/mol. The summed E-state index contributed by atoms with van der Waals surface area (Å²) < 4.78 is 45.3. The van der Waals surface area contributed by atoms with Crippen molar-refractivity contribution < 1.29 is 27.8 Å². The molecule has 0 aliphatic carbocycles. The molecule has 0 radical (unpaired) electrons. The van der Waals surface area contributed by atoms with E-state index in [1.807, 2.05) is 6.92 Å². The van der Waals surface area contributed by atoms with Crippen LogP contribution in [0.15, 0.2) is 0 Å². The normalized spacial score (nSPS) is 18.9. The Morgan fingerprint density at radius 3 is 2.80 bits per heavy atom. The number of carboxylic acids is 1. The van der Waals surface area contributed by atoms with Crippen LogP contribution in [0.5, 0.6) is 0 Å². The minimum absolute atomic E-state index is 0.0643. The lowest BCUT2D eigenvalue weighted by molar-refractivity contribution is -0.141. The highest BCUT2D eigenvalue weighted by Gasteiger charge is 2.43. The Bertz CT molecular complexity index is 511. The number of carboxylic acid groups (broad SMARTS) is 1. The fourth-order valence-corrected chi connectivity index (χ4v) is 2.34. The summed E-state index contributed by atoms with van der Waals surface area (Å²) in [7, 11) is 0. The Morgan fingerprint density at radius 2 is 2.25 bits per heavy atom. The van der Waals surface area contributed by atoms with Crippen molar-refractivity contribution in [3.05, 3.63) is 17.2 Å². The number of alkyl halides is 3. The molecule has 0 fully saturated rings. The molecule has 1 unspecified atom stereocenters. The van der Waals surface area contributed by atoms with Crippen LogP contribution in [0.25, 0.3) is 0 Å². The van der Waals surface area contributed by atoms with Crippen molar-refractivity contribution in [2.45, 2.75) is 45.0 Å². The third-order valence-electron chi connectivity index (χ3n) is 3.13. The topological polar surface area (TPSA) is 64.4 Å². The Hall–Kier alpha value is -1.57. The van der Waals surface area contributed by atoms with Crippen LogP contribution in [-0.2, 0) is 17.5 Å². The smallest absolute Gasteiger partial charge is 0.435 e. The van der Waals surface area contributed by atoms with Gasteiger partial charge >= 0.3 is 12.1 Å². The SMILES string of the molecule is CCCOC1CCCn2c1nc(C(F)(F)F)c2C(=O)O. The van der Waals surface area contributed by atoms with Gasteiger partial charge < -0.3 is 14.4 Å². The Kier molecular flexibility index (Phi) is 4.03. The Balaban J connectivity index is 2.48. The monoisotopic (exact) mass is 292 g/mol. The van der Waals surface area contributed by atoms with E-state index in [0.29, 0.717) is 19.4 Å². The molecule has 1 aromatic rings. The Labute approximate surface area is 113 Å². The molecule has 0 saturated carbocycles. The lowest BCUT2D eigenvalue weighted by Crippen LogP contribution is -2.22. The predicted molar refractivity (Wildman–Crippen MR) is 62.4 cm³/mol. The highest BCUT2D eigenvalue weighted by atomic mass is 19.4. The molecule has 5 nitrogen and oxygen atoms in total. The fourth-order valence-electron chi connectivity index (χ4n) is 2.34. The summed E-state index contributed by atoms with van der Waals surface area (Å²) in [4.78, 5) is 14.6. The standard InChI is InChI=1S/C12H15F3N2O3/c1-2-6-20-7-4-3-5-17-8(11(18)19)9(12(13,14)15)16-10(7)17/h7H,2-6H2,1H3,(H,18,19). The van der Waals surface area contributed by atoms with Crippen molar-refractivity contribution in [2.24, 2.45) is 0 Å². The molecule has 0 spiro atoms. The number of aromatic carboxylic acids is 1. The van der Waals surface area contributed by atoms with Gasteiger partial charge in [0.1, 0.15) is 11.9 Å². The second kappa shape index (κ2) is 5.43. The first-order valence-corrected chi connectivity index (χ1v) is 6.38. The predicted octanol–water partition coefficient (Wildman–Crippen LogP) is 2.86. The number of hydrogen-bond donors (Lipinski definition) is 1. The second-order valence-corrected chi connectivity index (χ2v) is 4.62. The van der Waals surface area contributed by atoms with Crippen LogP contribution in [0, 0.1) is 0 Å². The lowest BCUT2D eigenvalue weighted by atomic mass is 10.1. The minimum Gasteiger partial charge on any atom is -0.477 e. The maximum atomic E-state index is 12.9. The van der Waals surface area contributed by atoms with Crippen LogP contribution >= 0.6 is 0 Å². The van der Waals surface area contributed by atoms with Gasteiger partial charge in [-0.1, -0.05) is 6.92 Å². The summed E-state index contributed by atoms with van der Waals surface area (Å²) in [6.45, 7) is 2.51. The van der Waals surface area contributed by atoms with Gasteiger partial charge in [0.15, 0.2) is 11.4 Å². The molecule has 2 heterocycles. The van der Waals surface area contributed by atoms with E-state index in [-0.39, 0.29) is 12.4 Å². The first-order chi connectivity index (χ1) is 9.36. The Morgan fingerprint density at radius 1 is 1.55 bits per heavy atom. The minimum atomic E-state index is -4.78. The zero-order valence-electron chi connectivity index (χ0n) is 10.9. The average molecular weight is 292 g/mol. The summed E-state index contributed by atoms with van der Waals surface area (Å²) in [5.74, 6) is -1.55. The number of fused-ring (bicyclic) bond motifs is 1. The quantitative estimate of drug-likeness (QED) is 0.926. The van der Waals surface area contributed by atoms with Crippen LogP contribution < -0.4 is 0 Å². The number of rotatable bonds is 4. The van der Waals surface area contributed by atoms with Crippen molar-refractivity contribution in [3.8, 4) is 0 Å². The van der Waals surface area contributed by atoms with E-state index in [4.69, 9.17) is 9.84 Å². The first kappa shape index (κ1) is 14.8. The molecule has 2 rings (SSSR count). The van der Waals surface area contributed by atoms with Gasteiger partial charge in [-0.05, 0) is 19.3 Å². The molecule has 0 aromatic carbocycles. The van der Waals surface area contributed by atoms with Gasteiger partial charge in [0.05, 0.1) is 0 Å². The van der Waals surface area contributed by atoms with Crippen molar-refractivity contribution in [1.29, 1.82) is 0 Å². The molecule has 20 heavy (non-hydrogen) atoms. The van der Waals surface area contributed by atoms with Gasteiger partial charge in [-0.3, -0.25) is 0 Å². The molecular formula is C12H15F3N2O3. The summed E-state index contributed by atoms with van der Waals surface area (Å²) >= 11 is 0. The van der Waals surface area contributed by atoms with Gasteiger partial charge in [-0.15, -0.1) is 0 Å². The van der Waals surface area contributed by atoms with Crippen LogP contribution in [0.4, 0.5) is 13.2 Å². The van der Waals surface area contributed by atoms with Gasteiger partial charge in [-0.25, -0.2) is 9.78 Å². The fraction of sp³-hybridized carbons (Fsp3) is 0.667. The molecule has 0 bridgehead atoms. The molecule has 8 heteroatoms. The summed E-state index contributed by atoms with van der Waals surface area (Å²) in [5.41, 5.74) is -2.13. The van der Waals surface area contributed by atoms with E-state index in [9.17, 15) is 18.0 Å². The van der Waals surface area contributed by atoms with Gasteiger partial charge in [0.2, 0.25) is 0 Å². The highest BCUT2D eigenvalue weighted by molar-refractivity contribution is 5.87. The molecule has 1 atom stereocenters. The number of aromatic nitrogens is 2. The number of hydrogen-bond acceptors (Lipinski definition) is 3. The summed E-state index contributed by atoms with van der Waals surface area (Å²) in [6, 6.07) is 0. The third kappa shape index (κ3) is 2.65. The molecule has 1 aliphatic heterocycles. The van der Waals surface area contributed by atoms with E-state index < -0.39 is 29.6 Å². The molecule has 112 valence electrons. The molecule has 0 saturated heterocycles. The molecule has 1 N–H and O–H groups in total. The van der Waals surface area contributed by atoms with Crippen molar-refractivity contribution >= 4 is 5.97 Å². The van der Waals surface area contributed by atoms with Crippen molar-refractivity contribution in [1.82, 2.24) is 9.55 Å². The first-order valence-electron chi connectivity index (χ1n) is 6.38. The van der Waals surface area contributed by atoms with E-state index >= 15 is 0 Å². The van der Waals surface area contributed by atoms with E-state index in [1.165, 1.54) is 0 Å². The van der Waals surface area contributed by atoms with E-state index in [0.717, 1.165) is 11.0 Å². The van der Waals surface area contributed by atoms with Gasteiger partial charge in [0, 0.05) is 13.2 Å². The molecule has 1 aliphatic rings. The average Bonchev–Trinajstić information content (AvgIpc) is 2.76. The van der Waals surface area contributed by atoms with E-state index in [1.54, 1.807) is 0 Å². The van der Waals surface area contributed by atoms with Crippen LogP contribution in [0.2, 0.25) is 0 Å². The number of carbonyl (C=O) groups is 1. The van der Waals surface area contributed by atoms with E-state index in [2.05, 4.69) is 4.98 Å². The second-order valence-electron chi connectivity index (χ2n) is 4.62. The maximum Gasteiger partial charge on any atom is 0.435 e.